The molecule has 0 saturated carbocycles. The first-order valence-corrected chi connectivity index (χ1v) is 20.1. The van der Waals surface area contributed by atoms with Gasteiger partial charge < -0.3 is 49.4 Å². The van der Waals surface area contributed by atoms with E-state index in [0.29, 0.717) is 42.4 Å². The fraction of sp³-hybridized carbons (Fsp3) is 0.488. The molecule has 8 heterocycles. The first-order chi connectivity index (χ1) is 27.1. The molecule has 4 bridgehead atoms. The number of rotatable bonds is 4. The van der Waals surface area contributed by atoms with Gasteiger partial charge in [-0.1, -0.05) is 6.07 Å². The van der Waals surface area contributed by atoms with Gasteiger partial charge in [-0.2, -0.15) is 0 Å². The standard InChI is InChI=1S/C41H47N5O9S/c1-17-9-19-10-25-39(48)46-26-14-53-40(49)41(38-23(11-20(13-42)44-41)22-12-21(50-4)7-8-24(22)43-38)15-56-37(31(46)30(45(25)3)27(19)32(47)33(17)51-5)29-28(26)36-35(54-16-55-36)18(2)34(29)52-6/h7-9,12,20,25-26,30-31,37,39,43-44,47-48H,10-11,13-16,42H2,1-6H3/t20-,25-,26+,30?,31?,37-,39+,41-/m1/s1. The lowest BCUT2D eigenvalue weighted by Crippen LogP contribution is -2.70. The number of esters is 1. The zero-order chi connectivity index (χ0) is 38.9. The number of thioether (sulfide) groups is 1. The minimum absolute atomic E-state index is 0.0297. The largest absolute Gasteiger partial charge is 0.504 e. The van der Waals surface area contributed by atoms with Crippen molar-refractivity contribution < 1.29 is 43.4 Å². The maximum atomic E-state index is 15.0. The summed E-state index contributed by atoms with van der Waals surface area (Å²) in [6, 6.07) is 5.89. The van der Waals surface area contributed by atoms with Gasteiger partial charge in [0, 0.05) is 57.5 Å². The molecule has 6 N–H and O–H groups in total. The van der Waals surface area contributed by atoms with Crippen LogP contribution in [0.4, 0.5) is 0 Å². The molecule has 2 fully saturated rings. The number of hydrogen-bond donors (Lipinski definition) is 5. The smallest absolute Gasteiger partial charge is 0.333 e. The molecule has 56 heavy (non-hydrogen) atoms. The van der Waals surface area contributed by atoms with Gasteiger partial charge in [0.15, 0.2) is 28.5 Å². The minimum atomic E-state index is -1.32. The van der Waals surface area contributed by atoms with Crippen LogP contribution in [0.3, 0.4) is 0 Å². The highest BCUT2D eigenvalue weighted by Crippen LogP contribution is 2.64. The summed E-state index contributed by atoms with van der Waals surface area (Å²) < 4.78 is 36.6. The van der Waals surface area contributed by atoms with Crippen molar-refractivity contribution >= 4 is 28.6 Å². The zero-order valence-electron chi connectivity index (χ0n) is 32.2. The Balaban J connectivity index is 1.22. The van der Waals surface area contributed by atoms with Gasteiger partial charge in [0.25, 0.3) is 0 Å². The highest BCUT2D eigenvalue weighted by Gasteiger charge is 2.62. The number of nitrogens with one attached hydrogen (secondary N) is 2. The van der Waals surface area contributed by atoms with Gasteiger partial charge in [0.2, 0.25) is 6.79 Å². The zero-order valence-corrected chi connectivity index (χ0v) is 33.0. The van der Waals surface area contributed by atoms with Gasteiger partial charge in [-0.15, -0.1) is 11.8 Å². The Morgan fingerprint density at radius 2 is 1.80 bits per heavy atom. The molecule has 2 saturated heterocycles. The third kappa shape index (κ3) is 4.66. The van der Waals surface area contributed by atoms with Crippen LogP contribution in [0.25, 0.3) is 10.9 Å². The molecule has 1 aromatic heterocycles. The molecule has 0 radical (unpaired) electrons. The number of H-pyrrole nitrogens is 1. The van der Waals surface area contributed by atoms with E-state index in [-0.39, 0.29) is 37.0 Å². The Morgan fingerprint density at radius 3 is 2.55 bits per heavy atom. The summed E-state index contributed by atoms with van der Waals surface area (Å²) in [7, 11) is 6.89. The lowest BCUT2D eigenvalue weighted by molar-refractivity contribution is -0.186. The van der Waals surface area contributed by atoms with E-state index < -0.39 is 41.1 Å². The number of hydrogen-bond acceptors (Lipinski definition) is 14. The molecule has 7 aliphatic heterocycles. The van der Waals surface area contributed by atoms with Crippen molar-refractivity contribution in [3.8, 4) is 34.5 Å². The van der Waals surface area contributed by atoms with Gasteiger partial charge in [-0.3, -0.25) is 15.1 Å². The van der Waals surface area contributed by atoms with Crippen LogP contribution in [0.1, 0.15) is 62.0 Å². The minimum Gasteiger partial charge on any atom is -0.504 e. The van der Waals surface area contributed by atoms with Crippen LogP contribution in [0, 0.1) is 13.8 Å². The highest BCUT2D eigenvalue weighted by molar-refractivity contribution is 7.99. The van der Waals surface area contributed by atoms with E-state index in [1.54, 1.807) is 33.1 Å². The van der Waals surface area contributed by atoms with Crippen molar-refractivity contribution in [2.75, 3.05) is 54.1 Å². The number of nitrogens with two attached hydrogens (primary N) is 1. The molecule has 11 rings (SSSR count). The lowest BCUT2D eigenvalue weighted by atomic mass is 9.73. The Morgan fingerprint density at radius 1 is 1.02 bits per heavy atom. The van der Waals surface area contributed by atoms with E-state index in [0.717, 1.165) is 61.3 Å². The van der Waals surface area contributed by atoms with E-state index >= 15 is 4.79 Å². The lowest BCUT2D eigenvalue weighted by Gasteiger charge is -2.62. The van der Waals surface area contributed by atoms with E-state index in [9.17, 15) is 10.2 Å². The summed E-state index contributed by atoms with van der Waals surface area (Å²) in [5.41, 5.74) is 12.8. The van der Waals surface area contributed by atoms with Crippen molar-refractivity contribution in [1.29, 1.82) is 0 Å². The molecule has 3 aromatic carbocycles. The average molecular weight is 786 g/mol. The fourth-order valence-electron chi connectivity index (χ4n) is 10.9. The molecule has 0 aliphatic carbocycles. The number of methoxy groups -OCH3 is 3. The number of aromatic amines is 1. The summed E-state index contributed by atoms with van der Waals surface area (Å²) >= 11 is 1.60. The summed E-state index contributed by atoms with van der Waals surface area (Å²) in [6.07, 6.45) is 0.138. The topological polar surface area (TPSA) is 173 Å². The first kappa shape index (κ1) is 36.0. The summed E-state index contributed by atoms with van der Waals surface area (Å²) in [6.45, 7) is 4.13. The number of carbonyl (C=O) groups is 1. The van der Waals surface area contributed by atoms with Crippen LogP contribution in [0.2, 0.25) is 0 Å². The van der Waals surface area contributed by atoms with E-state index in [1.165, 1.54) is 0 Å². The maximum absolute atomic E-state index is 15.0. The molecular weight excluding hydrogens is 739 g/mol. The predicted octanol–water partition coefficient (Wildman–Crippen LogP) is 3.60. The summed E-state index contributed by atoms with van der Waals surface area (Å²) in [5.74, 6) is 2.85. The molecule has 15 heteroatoms. The van der Waals surface area contributed by atoms with Crippen molar-refractivity contribution in [2.45, 2.75) is 73.9 Å². The third-order valence-corrected chi connectivity index (χ3v) is 14.7. The number of aromatic hydroxyl groups is 1. The van der Waals surface area contributed by atoms with E-state index in [2.05, 4.69) is 26.2 Å². The molecule has 14 nitrogen and oxygen atoms in total. The Bertz CT molecular complexity index is 2320. The van der Waals surface area contributed by atoms with Crippen LogP contribution in [0.5, 0.6) is 34.5 Å². The molecule has 296 valence electrons. The van der Waals surface area contributed by atoms with Gasteiger partial charge in [0.1, 0.15) is 24.3 Å². The second-order valence-corrected chi connectivity index (χ2v) is 17.0. The molecule has 0 amide bonds. The van der Waals surface area contributed by atoms with Gasteiger partial charge in [0.05, 0.1) is 50.4 Å². The molecule has 7 aliphatic rings. The van der Waals surface area contributed by atoms with Crippen LogP contribution in [-0.4, -0.2) is 109 Å². The van der Waals surface area contributed by atoms with E-state index in [1.807, 2.05) is 39.1 Å². The average Bonchev–Trinajstić information content (AvgIpc) is 3.84. The first-order valence-electron chi connectivity index (χ1n) is 19.1. The van der Waals surface area contributed by atoms with Crippen LogP contribution < -0.4 is 34.7 Å². The fourth-order valence-corrected chi connectivity index (χ4v) is 12.5. The van der Waals surface area contributed by atoms with E-state index in [4.69, 9.17) is 34.2 Å². The molecule has 4 aromatic rings. The number of nitrogens with zero attached hydrogens (tertiary/aromatic N) is 2. The Kier molecular flexibility index (Phi) is 8.24. The number of ether oxygens (including phenoxy) is 6. The SMILES string of the molecule is COc1ccc2[nH]c3c(c2c1)C[C@H](CN)N[C@]31CS[C@@H]2c3c(OC)c(C)c4c(c3[C@H](COC1=O)N1C2C2c3c(cc(C)c(OC)c3O)C[C@H]([C@@H]1O)N2C)OCO4. The number of aryl methyl sites for hydroxylation is 1. The van der Waals surface area contributed by atoms with Crippen molar-refractivity contribution in [3.05, 3.63) is 68.9 Å². The van der Waals surface area contributed by atoms with Crippen molar-refractivity contribution in [2.24, 2.45) is 5.73 Å². The Labute approximate surface area is 328 Å². The summed E-state index contributed by atoms with van der Waals surface area (Å²) in [5, 5.41) is 28.9. The number of phenolic OH excluding ortho intramolecular Hbond substituents is 1. The number of carbonyl (C=O) groups excluding carboxylic acids is 1. The Hall–Kier alpha value is -4.38. The number of benzene rings is 3. The number of aliphatic hydroxyl groups excluding tert-OH is 1. The van der Waals surface area contributed by atoms with Crippen molar-refractivity contribution in [3.63, 3.8) is 0 Å². The monoisotopic (exact) mass is 785 g/mol. The highest BCUT2D eigenvalue weighted by atomic mass is 32.2. The number of aliphatic hydroxyl groups is 1. The normalized spacial score (nSPS) is 30.4. The number of likely N-dealkylation sites (N-methyl/N-ethyl adjacent to an activating group) is 1. The van der Waals surface area contributed by atoms with Gasteiger partial charge in [-0.25, -0.2) is 4.79 Å². The van der Waals surface area contributed by atoms with Crippen LogP contribution >= 0.6 is 11.8 Å². The maximum Gasteiger partial charge on any atom is 0.333 e. The second-order valence-electron chi connectivity index (χ2n) is 15.9. The van der Waals surface area contributed by atoms with Gasteiger partial charge in [-0.05, 0) is 68.6 Å². The molecular formula is C41H47N5O9S. The number of phenols is 1. The predicted molar refractivity (Wildman–Crippen MR) is 208 cm³/mol. The number of piperazine rings is 1. The quantitative estimate of drug-likeness (QED) is 0.190. The molecule has 2 unspecified atom stereocenters. The number of fused-ring (bicyclic) bond motifs is 11. The second kappa shape index (κ2) is 12.8. The molecule has 8 atom stereocenters. The summed E-state index contributed by atoms with van der Waals surface area (Å²) in [4.78, 5) is 23.0. The number of aromatic nitrogens is 1. The molecule has 1 spiro atoms. The van der Waals surface area contributed by atoms with Crippen LogP contribution in [-0.2, 0) is 27.9 Å². The van der Waals surface area contributed by atoms with Crippen molar-refractivity contribution in [1.82, 2.24) is 20.1 Å². The van der Waals surface area contributed by atoms with Crippen LogP contribution in [0.15, 0.2) is 24.3 Å². The third-order valence-electron chi connectivity index (χ3n) is 13.3. The van der Waals surface area contributed by atoms with Gasteiger partial charge >= 0.3 is 5.97 Å².